The van der Waals surface area contributed by atoms with E-state index in [0.29, 0.717) is 26.0 Å². The van der Waals surface area contributed by atoms with Crippen molar-refractivity contribution < 1.29 is 33.7 Å². The Morgan fingerprint density at radius 1 is 1.00 bits per heavy atom. The number of alkyl carbamates (subject to hydrolysis) is 1. The molecule has 2 aliphatic rings. The number of carbonyl (C=O) groups excluding carboxylic acids is 3. The van der Waals surface area contributed by atoms with Gasteiger partial charge < -0.3 is 40.2 Å². The molecular formula is C36H47N5O7S. The first kappa shape index (κ1) is 36.2. The van der Waals surface area contributed by atoms with Gasteiger partial charge in [-0.1, -0.05) is 74.5 Å². The fourth-order valence-electron chi connectivity index (χ4n) is 6.26. The fourth-order valence-corrected chi connectivity index (χ4v) is 6.91. The summed E-state index contributed by atoms with van der Waals surface area (Å²) in [6.07, 6.45) is 0.878. The zero-order valence-electron chi connectivity index (χ0n) is 28.2. The van der Waals surface area contributed by atoms with E-state index in [2.05, 4.69) is 20.9 Å². The monoisotopic (exact) mass is 693 g/mol. The highest BCUT2D eigenvalue weighted by Crippen LogP contribution is 2.33. The summed E-state index contributed by atoms with van der Waals surface area (Å²) in [6, 6.07) is 16.8. The normalized spacial score (nSPS) is 20.9. The molecule has 0 unspecified atom stereocenters. The number of aliphatic hydroxyl groups excluding tert-OH is 1. The number of amides is 4. The lowest BCUT2D eigenvalue weighted by molar-refractivity contribution is -0.124. The largest absolute Gasteiger partial charge is 0.443 e. The molecule has 5 rings (SSSR count). The minimum absolute atomic E-state index is 0.0180. The average Bonchev–Trinajstić information content (AvgIpc) is 3.85. The predicted molar refractivity (Wildman–Crippen MR) is 185 cm³/mol. The van der Waals surface area contributed by atoms with Crippen molar-refractivity contribution in [1.82, 2.24) is 25.8 Å². The summed E-state index contributed by atoms with van der Waals surface area (Å²) in [5.74, 6) is -0.588. The number of urea groups is 1. The molecule has 3 heterocycles. The van der Waals surface area contributed by atoms with Crippen LogP contribution in [0, 0.1) is 11.8 Å². The molecule has 2 fully saturated rings. The minimum atomic E-state index is -1.05. The SMILES string of the molecule is CC(C)[C@H](NC(=O)N(C)Cc1cncs1)C(=O)N[C@@H](Cc1ccccc1)C[C@H](O)[C@H](Cc1ccccc1)NC(=O)O[C@H]1CO[C@H]2OCC[C@H]21. The van der Waals surface area contributed by atoms with Crippen LogP contribution in [0.15, 0.2) is 72.4 Å². The smallest absolute Gasteiger partial charge is 0.407 e. The van der Waals surface area contributed by atoms with Crippen LogP contribution >= 0.6 is 11.3 Å². The molecule has 49 heavy (non-hydrogen) atoms. The van der Waals surface area contributed by atoms with Crippen molar-refractivity contribution >= 4 is 29.4 Å². The topological polar surface area (TPSA) is 151 Å². The van der Waals surface area contributed by atoms with Crippen LogP contribution in [0.5, 0.6) is 0 Å². The molecule has 4 amide bonds. The number of nitrogens with zero attached hydrogens (tertiary/aromatic N) is 2. The Hall–Kier alpha value is -4.04. The second kappa shape index (κ2) is 17.6. The molecule has 7 atom stereocenters. The van der Waals surface area contributed by atoms with E-state index >= 15 is 0 Å². The Bertz CT molecular complexity index is 1480. The Morgan fingerprint density at radius 2 is 1.69 bits per heavy atom. The first-order valence-electron chi connectivity index (χ1n) is 16.8. The van der Waals surface area contributed by atoms with Crippen molar-refractivity contribution in [1.29, 1.82) is 0 Å². The maximum Gasteiger partial charge on any atom is 0.407 e. The van der Waals surface area contributed by atoms with Crippen molar-refractivity contribution in [2.45, 2.75) is 82.7 Å². The third kappa shape index (κ3) is 10.5. The molecule has 2 aromatic carbocycles. The number of hydrogen-bond donors (Lipinski definition) is 4. The van der Waals surface area contributed by atoms with E-state index in [1.54, 1.807) is 18.8 Å². The number of carbonyl (C=O) groups is 3. The van der Waals surface area contributed by atoms with Crippen molar-refractivity contribution in [3.8, 4) is 0 Å². The Labute approximate surface area is 291 Å². The average molecular weight is 694 g/mol. The van der Waals surface area contributed by atoms with E-state index in [0.717, 1.165) is 22.4 Å². The number of benzene rings is 2. The van der Waals surface area contributed by atoms with E-state index in [1.807, 2.05) is 74.5 Å². The molecular weight excluding hydrogens is 646 g/mol. The van der Waals surface area contributed by atoms with Crippen molar-refractivity contribution in [3.63, 3.8) is 0 Å². The van der Waals surface area contributed by atoms with Gasteiger partial charge in [-0.2, -0.15) is 0 Å². The molecule has 0 aliphatic carbocycles. The third-order valence-corrected chi connectivity index (χ3v) is 9.72. The van der Waals surface area contributed by atoms with E-state index in [1.165, 1.54) is 16.2 Å². The number of aromatic nitrogens is 1. The van der Waals surface area contributed by atoms with Crippen LogP contribution in [-0.4, -0.2) is 89.9 Å². The van der Waals surface area contributed by atoms with Crippen molar-refractivity contribution in [2.75, 3.05) is 20.3 Å². The first-order valence-corrected chi connectivity index (χ1v) is 17.7. The number of rotatable bonds is 15. The summed E-state index contributed by atoms with van der Waals surface area (Å²) in [5.41, 5.74) is 3.60. The standard InChI is InChI=1S/C36H47N5O7S/c1-23(2)32(40-35(44)41(3)20-27-19-37-22-49-27)33(43)38-26(16-24-10-6-4-7-11-24)18-30(42)29(17-25-12-8-5-9-13-25)39-36(45)48-31-21-47-34-28(31)14-15-46-34/h4-13,19,22-23,26,28-32,34,42H,14-18,20-21H2,1-3H3,(H,38,43)(H,39,45)(H,40,44)/t26-,28-,29-,30-,31-,32-,34+/m0/s1. The summed E-state index contributed by atoms with van der Waals surface area (Å²) in [6.45, 7) is 4.93. The zero-order chi connectivity index (χ0) is 34.8. The second-order valence-electron chi connectivity index (χ2n) is 13.1. The minimum Gasteiger partial charge on any atom is -0.443 e. The number of fused-ring (bicyclic) bond motifs is 1. The molecule has 4 N–H and O–H groups in total. The van der Waals surface area contributed by atoms with Crippen LogP contribution < -0.4 is 16.0 Å². The van der Waals surface area contributed by atoms with Gasteiger partial charge in [-0.15, -0.1) is 11.3 Å². The molecule has 0 bridgehead atoms. The maximum atomic E-state index is 13.8. The van der Waals surface area contributed by atoms with Crippen LogP contribution in [0.1, 0.15) is 42.7 Å². The quantitative estimate of drug-likeness (QED) is 0.187. The van der Waals surface area contributed by atoms with Gasteiger partial charge >= 0.3 is 12.1 Å². The third-order valence-electron chi connectivity index (χ3n) is 8.96. The van der Waals surface area contributed by atoms with Crippen LogP contribution in [0.3, 0.4) is 0 Å². The van der Waals surface area contributed by atoms with Crippen molar-refractivity contribution in [3.05, 3.63) is 88.4 Å². The summed E-state index contributed by atoms with van der Waals surface area (Å²) < 4.78 is 17.0. The van der Waals surface area contributed by atoms with Crippen LogP contribution in [0.4, 0.5) is 9.59 Å². The van der Waals surface area contributed by atoms with Gasteiger partial charge in [-0.3, -0.25) is 9.78 Å². The lowest BCUT2D eigenvalue weighted by Crippen LogP contribution is -2.55. The first-order chi connectivity index (χ1) is 23.7. The van der Waals surface area contributed by atoms with E-state index in [4.69, 9.17) is 14.2 Å². The Kier molecular flexibility index (Phi) is 13.0. The number of aliphatic hydroxyl groups is 1. The number of thiazole rings is 1. The highest BCUT2D eigenvalue weighted by Gasteiger charge is 2.44. The van der Waals surface area contributed by atoms with Gasteiger partial charge in [0.1, 0.15) is 12.1 Å². The Morgan fingerprint density at radius 3 is 2.35 bits per heavy atom. The maximum absolute atomic E-state index is 13.8. The van der Waals surface area contributed by atoms with Crippen LogP contribution in [0.2, 0.25) is 0 Å². The van der Waals surface area contributed by atoms with Gasteiger partial charge in [0.2, 0.25) is 5.91 Å². The van der Waals surface area contributed by atoms with Gasteiger partial charge in [0.05, 0.1) is 43.3 Å². The molecule has 13 heteroatoms. The number of ether oxygens (including phenoxy) is 3. The highest BCUT2D eigenvalue weighted by molar-refractivity contribution is 7.09. The summed E-state index contributed by atoms with van der Waals surface area (Å²) in [5, 5.41) is 20.6. The van der Waals surface area contributed by atoms with Gasteiger partial charge in [-0.05, 0) is 42.7 Å². The summed E-state index contributed by atoms with van der Waals surface area (Å²) in [4.78, 5) is 46.6. The van der Waals surface area contributed by atoms with E-state index < -0.39 is 36.4 Å². The second-order valence-corrected chi connectivity index (χ2v) is 14.1. The molecule has 2 saturated heterocycles. The van der Waals surface area contributed by atoms with Crippen molar-refractivity contribution in [2.24, 2.45) is 11.8 Å². The molecule has 12 nitrogen and oxygen atoms in total. The highest BCUT2D eigenvalue weighted by atomic mass is 32.1. The van der Waals surface area contributed by atoms with Crippen LogP contribution in [-0.2, 0) is 38.4 Å². The summed E-state index contributed by atoms with van der Waals surface area (Å²) >= 11 is 1.45. The van der Waals surface area contributed by atoms with E-state index in [-0.39, 0.29) is 43.1 Å². The molecule has 0 radical (unpaired) electrons. The van der Waals surface area contributed by atoms with Gasteiger partial charge in [-0.25, -0.2) is 9.59 Å². The molecule has 2 aliphatic heterocycles. The molecule has 264 valence electrons. The fraction of sp³-hybridized carbons (Fsp3) is 0.500. The van der Waals surface area contributed by atoms with Crippen LogP contribution in [0.25, 0.3) is 0 Å². The van der Waals surface area contributed by atoms with E-state index in [9.17, 15) is 19.5 Å². The number of nitrogens with one attached hydrogen (secondary N) is 3. The molecule has 0 saturated carbocycles. The predicted octanol–water partition coefficient (Wildman–Crippen LogP) is 3.89. The van der Waals surface area contributed by atoms with Gasteiger partial charge in [0.25, 0.3) is 0 Å². The Balaban J connectivity index is 1.28. The lowest BCUT2D eigenvalue weighted by Gasteiger charge is -2.31. The molecule has 1 aromatic heterocycles. The summed E-state index contributed by atoms with van der Waals surface area (Å²) in [7, 11) is 1.67. The molecule has 0 spiro atoms. The van der Waals surface area contributed by atoms with Gasteiger partial charge in [0, 0.05) is 24.2 Å². The zero-order valence-corrected chi connectivity index (χ0v) is 29.0. The van der Waals surface area contributed by atoms with Gasteiger partial charge in [0.15, 0.2) is 6.29 Å². The molecule has 3 aromatic rings. The lowest BCUT2D eigenvalue weighted by atomic mass is 9.93. The number of hydrogen-bond acceptors (Lipinski definition) is 9.